The zero-order valence-electron chi connectivity index (χ0n) is 19.0. The molecule has 0 saturated heterocycles. The monoisotopic (exact) mass is 429 g/mol. The van der Waals surface area contributed by atoms with Gasteiger partial charge in [-0.25, -0.2) is 19.9 Å². The van der Waals surface area contributed by atoms with Crippen LogP contribution in [0.3, 0.4) is 0 Å². The molecule has 0 spiro atoms. The summed E-state index contributed by atoms with van der Waals surface area (Å²) in [4.78, 5) is 31.1. The van der Waals surface area contributed by atoms with Crippen LogP contribution in [0.5, 0.6) is 0 Å². The van der Waals surface area contributed by atoms with Gasteiger partial charge in [-0.2, -0.15) is 9.78 Å². The van der Waals surface area contributed by atoms with Crippen LogP contribution in [0.2, 0.25) is 0 Å². The molecule has 0 unspecified atom stereocenters. The molecule has 1 N–H and O–H groups in total. The summed E-state index contributed by atoms with van der Waals surface area (Å²) >= 11 is 0. The number of anilines is 1. The van der Waals surface area contributed by atoms with Crippen LogP contribution in [0, 0.1) is 0 Å². The van der Waals surface area contributed by atoms with E-state index in [9.17, 15) is 4.79 Å². The number of nitrogens with one attached hydrogen (secondary N) is 1. The van der Waals surface area contributed by atoms with Gasteiger partial charge in [-0.3, -0.25) is 4.79 Å². The van der Waals surface area contributed by atoms with Crippen LogP contribution in [0.1, 0.15) is 62.1 Å². The maximum absolute atomic E-state index is 13.1. The van der Waals surface area contributed by atoms with E-state index < -0.39 is 0 Å². The van der Waals surface area contributed by atoms with Crippen LogP contribution >= 0.6 is 0 Å². The van der Waals surface area contributed by atoms with Crippen molar-refractivity contribution in [2.45, 2.75) is 52.9 Å². The molecule has 1 amide bonds. The highest BCUT2D eigenvalue weighted by Gasteiger charge is 2.23. The molecule has 0 bridgehead atoms. The molecule has 0 saturated carbocycles. The lowest BCUT2D eigenvalue weighted by Crippen LogP contribution is -2.16. The predicted molar refractivity (Wildman–Crippen MR) is 124 cm³/mol. The van der Waals surface area contributed by atoms with E-state index in [-0.39, 0.29) is 11.3 Å². The van der Waals surface area contributed by atoms with E-state index in [1.54, 1.807) is 35.3 Å². The van der Waals surface area contributed by atoms with Gasteiger partial charge >= 0.3 is 0 Å². The first kappa shape index (κ1) is 21.5. The second kappa shape index (κ2) is 8.45. The SMILES string of the molecule is CCc1nc2ccc(C(=O)Nc3cc(C(C)(C)C)nn3-c3ncccn3)cc2nc1CC. The molecule has 164 valence electrons. The fourth-order valence-electron chi connectivity index (χ4n) is 3.41. The quantitative estimate of drug-likeness (QED) is 0.508. The minimum Gasteiger partial charge on any atom is -0.306 e. The van der Waals surface area contributed by atoms with E-state index in [0.717, 1.165) is 35.4 Å². The van der Waals surface area contributed by atoms with Gasteiger partial charge in [0.05, 0.1) is 28.1 Å². The van der Waals surface area contributed by atoms with Crippen LogP contribution in [-0.2, 0) is 18.3 Å². The van der Waals surface area contributed by atoms with Crippen molar-refractivity contribution in [3.63, 3.8) is 0 Å². The fourth-order valence-corrected chi connectivity index (χ4v) is 3.41. The summed E-state index contributed by atoms with van der Waals surface area (Å²) in [5.41, 5.74) is 4.58. The van der Waals surface area contributed by atoms with Gasteiger partial charge in [-0.05, 0) is 37.1 Å². The first-order valence-electron chi connectivity index (χ1n) is 10.8. The third-order valence-electron chi connectivity index (χ3n) is 5.21. The fraction of sp³-hybridized carbons (Fsp3) is 0.333. The molecule has 4 aromatic rings. The number of rotatable bonds is 5. The highest BCUT2D eigenvalue weighted by molar-refractivity contribution is 6.05. The number of hydrogen-bond donors (Lipinski definition) is 1. The third-order valence-corrected chi connectivity index (χ3v) is 5.21. The van der Waals surface area contributed by atoms with E-state index in [0.29, 0.717) is 22.8 Å². The van der Waals surface area contributed by atoms with Gasteiger partial charge < -0.3 is 5.32 Å². The molecule has 0 radical (unpaired) electrons. The molecule has 0 aliphatic heterocycles. The maximum Gasteiger partial charge on any atom is 0.256 e. The van der Waals surface area contributed by atoms with E-state index in [2.05, 4.69) is 55.0 Å². The first-order chi connectivity index (χ1) is 15.3. The molecule has 4 rings (SSSR count). The molecule has 3 aromatic heterocycles. The van der Waals surface area contributed by atoms with E-state index in [4.69, 9.17) is 9.97 Å². The van der Waals surface area contributed by atoms with Crippen molar-refractivity contribution in [3.8, 4) is 5.95 Å². The van der Waals surface area contributed by atoms with Crippen LogP contribution in [0.15, 0.2) is 42.7 Å². The van der Waals surface area contributed by atoms with Crippen molar-refractivity contribution in [3.05, 3.63) is 65.4 Å². The van der Waals surface area contributed by atoms with Gasteiger partial charge in [0.1, 0.15) is 5.82 Å². The van der Waals surface area contributed by atoms with Crippen LogP contribution in [0.25, 0.3) is 17.0 Å². The van der Waals surface area contributed by atoms with Crippen LogP contribution in [0.4, 0.5) is 5.82 Å². The number of nitrogens with zero attached hydrogens (tertiary/aromatic N) is 6. The summed E-state index contributed by atoms with van der Waals surface area (Å²) in [6.07, 6.45) is 4.92. The Kier molecular flexibility index (Phi) is 5.69. The number of benzene rings is 1. The summed E-state index contributed by atoms with van der Waals surface area (Å²) in [5, 5.41) is 7.61. The summed E-state index contributed by atoms with van der Waals surface area (Å²) in [6, 6.07) is 8.98. The van der Waals surface area contributed by atoms with Crippen LogP contribution < -0.4 is 5.32 Å². The summed E-state index contributed by atoms with van der Waals surface area (Å²) in [6.45, 7) is 10.3. The summed E-state index contributed by atoms with van der Waals surface area (Å²) in [7, 11) is 0. The molecule has 3 heterocycles. The lowest BCUT2D eigenvalue weighted by atomic mass is 9.92. The summed E-state index contributed by atoms with van der Waals surface area (Å²) in [5.74, 6) is 0.638. The third kappa shape index (κ3) is 4.21. The lowest BCUT2D eigenvalue weighted by Gasteiger charge is -2.13. The highest BCUT2D eigenvalue weighted by atomic mass is 16.1. The second-order valence-corrected chi connectivity index (χ2v) is 8.61. The molecule has 0 aliphatic rings. The zero-order chi connectivity index (χ0) is 22.9. The van der Waals surface area contributed by atoms with E-state index in [1.165, 1.54) is 0 Å². The lowest BCUT2D eigenvalue weighted by molar-refractivity contribution is 0.102. The molecule has 8 heteroatoms. The van der Waals surface area contributed by atoms with Gasteiger partial charge in [0.25, 0.3) is 11.9 Å². The smallest absolute Gasteiger partial charge is 0.256 e. The zero-order valence-corrected chi connectivity index (χ0v) is 19.0. The van der Waals surface area contributed by atoms with E-state index >= 15 is 0 Å². The van der Waals surface area contributed by atoms with Crippen molar-refractivity contribution < 1.29 is 4.79 Å². The van der Waals surface area contributed by atoms with Crippen molar-refractivity contribution in [1.82, 2.24) is 29.7 Å². The molecule has 8 nitrogen and oxygen atoms in total. The van der Waals surface area contributed by atoms with Gasteiger partial charge in [0, 0.05) is 29.4 Å². The van der Waals surface area contributed by atoms with Gasteiger partial charge in [0.15, 0.2) is 0 Å². The van der Waals surface area contributed by atoms with Crippen molar-refractivity contribution in [2.75, 3.05) is 5.32 Å². The Hall–Kier alpha value is -3.68. The summed E-state index contributed by atoms with van der Waals surface area (Å²) < 4.78 is 1.56. The Morgan fingerprint density at radius 1 is 0.969 bits per heavy atom. The Morgan fingerprint density at radius 2 is 1.62 bits per heavy atom. The average molecular weight is 430 g/mol. The molecule has 1 aromatic carbocycles. The second-order valence-electron chi connectivity index (χ2n) is 8.61. The normalized spacial score (nSPS) is 11.7. The standard InChI is InChI=1S/C24H27N7O/c1-6-16-17(7-2)28-19-13-15(9-10-18(19)27-16)22(32)29-21-14-20(24(3,4)5)30-31(21)23-25-11-8-12-26-23/h8-14H,6-7H2,1-5H3,(H,29,32). The Morgan fingerprint density at radius 3 is 2.25 bits per heavy atom. The Bertz CT molecular complexity index is 1270. The minimum absolute atomic E-state index is 0.203. The predicted octanol–water partition coefficient (Wildman–Crippen LogP) is 4.28. The number of fused-ring (bicyclic) bond motifs is 1. The van der Waals surface area contributed by atoms with Crippen molar-refractivity contribution in [2.24, 2.45) is 0 Å². The van der Waals surface area contributed by atoms with E-state index in [1.807, 2.05) is 12.1 Å². The largest absolute Gasteiger partial charge is 0.306 e. The van der Waals surface area contributed by atoms with Crippen molar-refractivity contribution in [1.29, 1.82) is 0 Å². The number of aromatic nitrogens is 6. The highest BCUT2D eigenvalue weighted by Crippen LogP contribution is 2.26. The minimum atomic E-state index is -0.260. The molecular formula is C24H27N7O. The molecule has 0 atom stereocenters. The van der Waals surface area contributed by atoms with Crippen LogP contribution in [-0.4, -0.2) is 35.6 Å². The maximum atomic E-state index is 13.1. The number of hydrogen-bond acceptors (Lipinski definition) is 6. The number of aryl methyl sites for hydroxylation is 2. The average Bonchev–Trinajstić information content (AvgIpc) is 3.22. The first-order valence-corrected chi connectivity index (χ1v) is 10.8. The van der Waals surface area contributed by atoms with Gasteiger partial charge in [-0.1, -0.05) is 34.6 Å². The van der Waals surface area contributed by atoms with Crippen molar-refractivity contribution >= 4 is 22.8 Å². The number of amides is 1. The van der Waals surface area contributed by atoms with Gasteiger partial charge in [0.2, 0.25) is 0 Å². The Labute approximate surface area is 187 Å². The molecular weight excluding hydrogens is 402 g/mol. The number of carbonyl (C=O) groups excluding carboxylic acids is 1. The topological polar surface area (TPSA) is 98.5 Å². The van der Waals surface area contributed by atoms with Gasteiger partial charge in [-0.15, -0.1) is 0 Å². The Balaban J connectivity index is 1.70. The number of carbonyl (C=O) groups is 1. The molecule has 0 aliphatic carbocycles. The molecule has 32 heavy (non-hydrogen) atoms. The molecule has 0 fully saturated rings.